The average Bonchev–Trinajstić information content (AvgIpc) is 3.11. The second-order valence-electron chi connectivity index (χ2n) is 6.46. The number of fused-ring (bicyclic) bond motifs is 1. The Balaban J connectivity index is 2.09. The fraction of sp³-hybridized carbons (Fsp3) is 0.286. The van der Waals surface area contributed by atoms with Gasteiger partial charge in [0.1, 0.15) is 0 Å². The molecule has 0 aliphatic carbocycles. The molecule has 0 spiro atoms. The molecule has 2 aromatic carbocycles. The molecule has 27 heavy (non-hydrogen) atoms. The van der Waals surface area contributed by atoms with Gasteiger partial charge in [0.25, 0.3) is 0 Å². The fourth-order valence-corrected chi connectivity index (χ4v) is 3.35. The molecule has 0 aliphatic rings. The average molecular weight is 367 g/mol. The van der Waals surface area contributed by atoms with Crippen LogP contribution in [-0.2, 0) is 4.79 Å². The van der Waals surface area contributed by atoms with Crippen molar-refractivity contribution >= 4 is 16.8 Å². The first kappa shape index (κ1) is 18.8. The molecule has 6 heteroatoms. The second-order valence-corrected chi connectivity index (χ2v) is 6.46. The molecule has 0 radical (unpaired) electrons. The predicted molar refractivity (Wildman–Crippen MR) is 106 cm³/mol. The molecule has 3 rings (SSSR count). The molecule has 4 N–H and O–H groups in total. The number of rotatable bonds is 8. The minimum absolute atomic E-state index is 0.0620. The van der Waals surface area contributed by atoms with Crippen molar-refractivity contribution in [2.24, 2.45) is 5.73 Å². The van der Waals surface area contributed by atoms with Gasteiger partial charge in [-0.1, -0.05) is 30.3 Å². The molecule has 1 aromatic heterocycles. The van der Waals surface area contributed by atoms with E-state index in [9.17, 15) is 4.79 Å². The Morgan fingerprint density at radius 1 is 1.11 bits per heavy atom. The van der Waals surface area contributed by atoms with Crippen molar-refractivity contribution in [3.8, 4) is 11.5 Å². The number of para-hydroxylation sites is 2. The van der Waals surface area contributed by atoms with Crippen molar-refractivity contribution < 1.29 is 14.3 Å². The zero-order valence-corrected chi connectivity index (χ0v) is 15.8. The molecule has 3 aromatic rings. The number of aromatic nitrogens is 1. The highest BCUT2D eigenvalue weighted by molar-refractivity contribution is 5.84. The van der Waals surface area contributed by atoms with Crippen molar-refractivity contribution in [1.29, 1.82) is 0 Å². The van der Waals surface area contributed by atoms with Crippen LogP contribution in [0.15, 0.2) is 48.7 Å². The Labute approximate surface area is 158 Å². The van der Waals surface area contributed by atoms with Crippen molar-refractivity contribution in [3.63, 3.8) is 0 Å². The number of primary amides is 1. The summed E-state index contributed by atoms with van der Waals surface area (Å²) in [6.07, 6.45) is 2.00. The zero-order valence-electron chi connectivity index (χ0n) is 15.8. The van der Waals surface area contributed by atoms with Gasteiger partial charge in [-0.15, -0.1) is 0 Å². The van der Waals surface area contributed by atoms with Crippen molar-refractivity contribution in [1.82, 2.24) is 10.3 Å². The lowest BCUT2D eigenvalue weighted by atomic mass is 9.89. The summed E-state index contributed by atoms with van der Waals surface area (Å²) in [5, 5.41) is 4.36. The Bertz CT molecular complexity index is 935. The fourth-order valence-electron chi connectivity index (χ4n) is 3.35. The van der Waals surface area contributed by atoms with E-state index in [0.717, 1.165) is 22.0 Å². The Morgan fingerprint density at radius 2 is 1.89 bits per heavy atom. The number of hydrogen-bond acceptors (Lipinski definition) is 4. The first-order valence-corrected chi connectivity index (χ1v) is 8.86. The van der Waals surface area contributed by atoms with E-state index in [1.54, 1.807) is 21.1 Å². The summed E-state index contributed by atoms with van der Waals surface area (Å²) >= 11 is 0. The molecule has 0 fully saturated rings. The maximum Gasteiger partial charge on any atom is 0.234 e. The monoisotopic (exact) mass is 367 g/mol. The van der Waals surface area contributed by atoms with Gasteiger partial charge in [-0.25, -0.2) is 0 Å². The SMILES string of the molecule is COc1cccc([C@@H](CN[C@H](C)C(N)=O)c2c[nH]c3ccccc23)c1OC. The van der Waals surface area contributed by atoms with Gasteiger partial charge >= 0.3 is 0 Å². The molecule has 0 saturated heterocycles. The third-order valence-corrected chi connectivity index (χ3v) is 4.86. The summed E-state index contributed by atoms with van der Waals surface area (Å²) in [6.45, 7) is 2.28. The summed E-state index contributed by atoms with van der Waals surface area (Å²) in [5.74, 6) is 0.907. The van der Waals surface area contributed by atoms with Gasteiger partial charge < -0.3 is 25.5 Å². The van der Waals surface area contributed by atoms with Crippen molar-refractivity contribution in [3.05, 3.63) is 59.8 Å². The van der Waals surface area contributed by atoms with Gasteiger partial charge in [0.2, 0.25) is 5.91 Å². The highest BCUT2D eigenvalue weighted by Gasteiger charge is 2.24. The summed E-state index contributed by atoms with van der Waals surface area (Å²) in [7, 11) is 3.25. The molecule has 1 heterocycles. The van der Waals surface area contributed by atoms with Crippen molar-refractivity contribution in [2.45, 2.75) is 18.9 Å². The maximum atomic E-state index is 11.5. The van der Waals surface area contributed by atoms with Crippen LogP contribution in [0.2, 0.25) is 0 Å². The lowest BCUT2D eigenvalue weighted by molar-refractivity contribution is -0.119. The molecule has 0 bridgehead atoms. The second kappa shape index (κ2) is 8.14. The number of nitrogens with one attached hydrogen (secondary N) is 2. The van der Waals surface area contributed by atoms with E-state index < -0.39 is 6.04 Å². The van der Waals surface area contributed by atoms with Crippen LogP contribution in [0.1, 0.15) is 24.0 Å². The highest BCUT2D eigenvalue weighted by atomic mass is 16.5. The van der Waals surface area contributed by atoms with E-state index in [0.29, 0.717) is 18.0 Å². The van der Waals surface area contributed by atoms with Gasteiger partial charge in [-0.3, -0.25) is 4.79 Å². The number of hydrogen-bond donors (Lipinski definition) is 3. The molecular weight excluding hydrogens is 342 g/mol. The van der Waals surface area contributed by atoms with Crippen LogP contribution in [-0.4, -0.2) is 37.7 Å². The van der Waals surface area contributed by atoms with Gasteiger partial charge in [-0.2, -0.15) is 0 Å². The first-order valence-electron chi connectivity index (χ1n) is 8.86. The molecule has 6 nitrogen and oxygen atoms in total. The van der Waals surface area contributed by atoms with Crippen LogP contribution in [0.25, 0.3) is 10.9 Å². The smallest absolute Gasteiger partial charge is 0.234 e. The van der Waals surface area contributed by atoms with Crippen LogP contribution >= 0.6 is 0 Å². The quantitative estimate of drug-likeness (QED) is 0.571. The van der Waals surface area contributed by atoms with Crippen LogP contribution in [0.5, 0.6) is 11.5 Å². The van der Waals surface area contributed by atoms with Crippen molar-refractivity contribution in [2.75, 3.05) is 20.8 Å². The Hall–Kier alpha value is -2.99. The first-order chi connectivity index (χ1) is 13.1. The van der Waals surface area contributed by atoms with E-state index in [1.165, 1.54) is 0 Å². The number of carbonyl (C=O) groups is 1. The zero-order chi connectivity index (χ0) is 19.4. The van der Waals surface area contributed by atoms with Gasteiger partial charge in [-0.05, 0) is 24.6 Å². The van der Waals surface area contributed by atoms with E-state index in [-0.39, 0.29) is 11.8 Å². The topological polar surface area (TPSA) is 89.4 Å². The number of carbonyl (C=O) groups excluding carboxylic acids is 1. The number of methoxy groups -OCH3 is 2. The lowest BCUT2D eigenvalue weighted by Gasteiger charge is -2.23. The Morgan fingerprint density at radius 3 is 2.59 bits per heavy atom. The maximum absolute atomic E-state index is 11.5. The minimum Gasteiger partial charge on any atom is -0.493 e. The van der Waals surface area contributed by atoms with Crippen LogP contribution < -0.4 is 20.5 Å². The van der Waals surface area contributed by atoms with Gasteiger partial charge in [0, 0.05) is 35.1 Å². The highest BCUT2D eigenvalue weighted by Crippen LogP contribution is 2.40. The predicted octanol–water partition coefficient (Wildman–Crippen LogP) is 2.78. The molecule has 142 valence electrons. The standard InChI is InChI=1S/C21H25N3O3/c1-13(21(22)25)23-11-17(15-8-6-10-19(26-2)20(15)27-3)16-12-24-18-9-5-4-7-14(16)18/h4-10,12-13,17,23-24H,11H2,1-3H3,(H2,22,25)/t13-,17-/m1/s1. The third-order valence-electron chi connectivity index (χ3n) is 4.86. The largest absolute Gasteiger partial charge is 0.493 e. The van der Waals surface area contributed by atoms with Crippen LogP contribution in [0.3, 0.4) is 0 Å². The number of aromatic amines is 1. The van der Waals surface area contributed by atoms with E-state index in [4.69, 9.17) is 15.2 Å². The summed E-state index contributed by atoms with van der Waals surface area (Å²) < 4.78 is 11.1. The van der Waals surface area contributed by atoms with E-state index >= 15 is 0 Å². The molecule has 1 amide bonds. The van der Waals surface area contributed by atoms with Gasteiger partial charge in [0.15, 0.2) is 11.5 Å². The third kappa shape index (κ3) is 3.75. The van der Waals surface area contributed by atoms with Crippen LogP contribution in [0.4, 0.5) is 0 Å². The lowest BCUT2D eigenvalue weighted by Crippen LogP contribution is -2.40. The van der Waals surface area contributed by atoms with Crippen LogP contribution in [0, 0.1) is 0 Å². The molecule has 0 saturated carbocycles. The molecule has 0 aliphatic heterocycles. The number of amides is 1. The normalized spacial score (nSPS) is 13.3. The molecular formula is C21H25N3O3. The van der Waals surface area contributed by atoms with E-state index in [1.807, 2.05) is 42.6 Å². The number of H-pyrrole nitrogens is 1. The molecule has 0 unspecified atom stereocenters. The summed E-state index contributed by atoms with van der Waals surface area (Å²) in [5.41, 5.74) is 8.57. The number of ether oxygens (including phenoxy) is 2. The summed E-state index contributed by atoms with van der Waals surface area (Å²) in [4.78, 5) is 14.8. The van der Waals surface area contributed by atoms with Gasteiger partial charge in [0.05, 0.1) is 20.3 Å². The van der Waals surface area contributed by atoms with E-state index in [2.05, 4.69) is 16.4 Å². The Kier molecular flexibility index (Phi) is 5.66. The number of nitrogens with two attached hydrogens (primary N) is 1. The minimum atomic E-state index is -0.436. The summed E-state index contributed by atoms with van der Waals surface area (Å²) in [6, 6.07) is 13.5. The number of benzene rings is 2. The molecule has 2 atom stereocenters.